The fourth-order valence-electron chi connectivity index (χ4n) is 3.39. The second kappa shape index (κ2) is 15.2. The summed E-state index contributed by atoms with van der Waals surface area (Å²) in [6.07, 6.45) is -0.610. The van der Waals surface area contributed by atoms with E-state index in [1.807, 2.05) is 27.8 Å². The minimum Gasteiger partial charge on any atom is -0.391 e. The average Bonchev–Trinajstić information content (AvgIpc) is 3.14. The summed E-state index contributed by atoms with van der Waals surface area (Å²) in [6, 6.07) is -1.63. The molecule has 1 rings (SSSR count). The molecule has 1 heterocycles. The molecule has 0 aromatic heterocycles. The van der Waals surface area contributed by atoms with Gasteiger partial charge in [0.1, 0.15) is 18.7 Å². The third kappa shape index (κ3) is 10.8. The van der Waals surface area contributed by atoms with Gasteiger partial charge >= 0.3 is 0 Å². The summed E-state index contributed by atoms with van der Waals surface area (Å²) >= 11 is 0. The Balaban J connectivity index is 2.50. The summed E-state index contributed by atoms with van der Waals surface area (Å²) < 4.78 is 16.1. The molecule has 0 aromatic rings. The number of carbonyl (C=O) groups excluding carboxylic acids is 3. The smallest absolute Gasteiger partial charge is 0.246 e. The Kier molecular flexibility index (Phi) is 13.4. The van der Waals surface area contributed by atoms with Gasteiger partial charge in [0.2, 0.25) is 17.7 Å². The molecular weight excluding hydrogens is 432 g/mol. The van der Waals surface area contributed by atoms with Crippen LogP contribution in [0.5, 0.6) is 0 Å². The van der Waals surface area contributed by atoms with E-state index in [1.165, 1.54) is 4.90 Å². The molecule has 3 unspecified atom stereocenters. The van der Waals surface area contributed by atoms with Gasteiger partial charge in [-0.15, -0.1) is 0 Å². The van der Waals surface area contributed by atoms with Gasteiger partial charge in [-0.25, -0.2) is 0 Å². The number of hydrogen-bond donors (Lipinski definition) is 4. The van der Waals surface area contributed by atoms with Gasteiger partial charge in [0.15, 0.2) is 0 Å². The fourth-order valence-corrected chi connectivity index (χ4v) is 3.39. The van der Waals surface area contributed by atoms with Gasteiger partial charge in [-0.2, -0.15) is 0 Å². The van der Waals surface area contributed by atoms with Crippen molar-refractivity contribution in [2.24, 2.45) is 5.41 Å². The summed E-state index contributed by atoms with van der Waals surface area (Å²) in [5, 5.41) is 18.5. The highest BCUT2D eigenvalue weighted by atomic mass is 16.5. The van der Waals surface area contributed by atoms with Crippen molar-refractivity contribution in [1.82, 2.24) is 20.9 Å². The van der Waals surface area contributed by atoms with E-state index in [0.29, 0.717) is 33.0 Å². The van der Waals surface area contributed by atoms with Crippen molar-refractivity contribution in [3.8, 4) is 0 Å². The monoisotopic (exact) mass is 474 g/mol. The normalized spacial score (nSPS) is 19.4. The first-order chi connectivity index (χ1) is 15.6. The van der Waals surface area contributed by atoms with E-state index >= 15 is 0 Å². The number of ether oxygens (including phenoxy) is 3. The standard InChI is InChI=1S/C22H42N4O7/c1-6-24-20(29)17-13-16(27)14-26(17)21(30)19(22(2,3)4)25-18(28)15-33-12-11-32-10-9-31-8-7-23-5/h16-17,19,23,27H,6-15H2,1-5H3,(H,24,29)(H,25,28). The van der Waals surface area contributed by atoms with Gasteiger partial charge < -0.3 is 40.2 Å². The molecule has 0 spiro atoms. The van der Waals surface area contributed by atoms with Crippen molar-refractivity contribution in [3.05, 3.63) is 0 Å². The topological polar surface area (TPSA) is 138 Å². The van der Waals surface area contributed by atoms with E-state index in [0.717, 1.165) is 6.54 Å². The van der Waals surface area contributed by atoms with Crippen LogP contribution < -0.4 is 16.0 Å². The summed E-state index contributed by atoms with van der Waals surface area (Å²) in [7, 11) is 1.85. The van der Waals surface area contributed by atoms with E-state index in [1.54, 1.807) is 6.92 Å². The Morgan fingerprint density at radius 1 is 1.06 bits per heavy atom. The quantitative estimate of drug-likeness (QED) is 0.219. The minimum atomic E-state index is -0.873. The molecule has 0 saturated carbocycles. The molecule has 11 nitrogen and oxygen atoms in total. The average molecular weight is 475 g/mol. The zero-order valence-corrected chi connectivity index (χ0v) is 20.6. The zero-order chi connectivity index (χ0) is 24.9. The molecule has 11 heteroatoms. The van der Waals surface area contributed by atoms with Crippen molar-refractivity contribution in [3.63, 3.8) is 0 Å². The number of likely N-dealkylation sites (N-methyl/N-ethyl adjacent to an activating group) is 2. The third-order valence-corrected chi connectivity index (χ3v) is 5.11. The second-order valence-corrected chi connectivity index (χ2v) is 9.04. The Hall–Kier alpha value is -1.79. The third-order valence-electron chi connectivity index (χ3n) is 5.11. The van der Waals surface area contributed by atoms with E-state index in [2.05, 4.69) is 16.0 Å². The first kappa shape index (κ1) is 29.2. The van der Waals surface area contributed by atoms with Gasteiger partial charge in [-0.05, 0) is 19.4 Å². The van der Waals surface area contributed by atoms with Gasteiger partial charge in [-0.1, -0.05) is 20.8 Å². The first-order valence-electron chi connectivity index (χ1n) is 11.5. The van der Waals surface area contributed by atoms with Gasteiger partial charge in [0.05, 0.1) is 39.1 Å². The highest BCUT2D eigenvalue weighted by Crippen LogP contribution is 2.26. The highest BCUT2D eigenvalue weighted by molar-refractivity contribution is 5.93. The van der Waals surface area contributed by atoms with Crippen LogP contribution in [0.1, 0.15) is 34.1 Å². The summed E-state index contributed by atoms with van der Waals surface area (Å²) in [5.41, 5.74) is -0.609. The Morgan fingerprint density at radius 2 is 1.67 bits per heavy atom. The lowest BCUT2D eigenvalue weighted by molar-refractivity contribution is -0.144. The number of hydrogen-bond acceptors (Lipinski definition) is 8. The maximum absolute atomic E-state index is 13.3. The molecule has 0 bridgehead atoms. The number of aliphatic hydroxyl groups is 1. The van der Waals surface area contributed by atoms with Crippen molar-refractivity contribution in [1.29, 1.82) is 0 Å². The number of aliphatic hydroxyl groups excluding tert-OH is 1. The Labute approximate surface area is 196 Å². The highest BCUT2D eigenvalue weighted by Gasteiger charge is 2.44. The number of nitrogens with zero attached hydrogens (tertiary/aromatic N) is 1. The van der Waals surface area contributed by atoms with Crippen LogP contribution in [0, 0.1) is 5.41 Å². The van der Waals surface area contributed by atoms with Crippen LogP contribution in [-0.2, 0) is 28.6 Å². The Morgan fingerprint density at radius 3 is 2.24 bits per heavy atom. The summed E-state index contributed by atoms with van der Waals surface area (Å²) in [4.78, 5) is 39.4. The predicted octanol–water partition coefficient (Wildman–Crippen LogP) is -1.12. The molecule has 4 N–H and O–H groups in total. The van der Waals surface area contributed by atoms with Crippen LogP contribution in [0.4, 0.5) is 0 Å². The molecule has 192 valence electrons. The molecule has 3 atom stereocenters. The van der Waals surface area contributed by atoms with Crippen molar-refractivity contribution in [2.45, 2.75) is 52.3 Å². The summed E-state index contributed by atoms with van der Waals surface area (Å²) in [5.74, 6) is -1.14. The van der Waals surface area contributed by atoms with Gasteiger partial charge in [0.25, 0.3) is 0 Å². The molecule has 33 heavy (non-hydrogen) atoms. The fraction of sp³-hybridized carbons (Fsp3) is 0.864. The first-order valence-corrected chi connectivity index (χ1v) is 11.5. The number of β-amino-alcohol motifs (C(OH)–C–C–N with tert-alkyl or cyclic N) is 1. The molecule has 1 fully saturated rings. The largest absolute Gasteiger partial charge is 0.391 e. The number of nitrogens with one attached hydrogen (secondary N) is 3. The van der Waals surface area contributed by atoms with Crippen molar-refractivity contribution < 1.29 is 33.7 Å². The molecular formula is C22H42N4O7. The molecule has 0 radical (unpaired) electrons. The van der Waals surface area contributed by atoms with Crippen LogP contribution in [0.2, 0.25) is 0 Å². The van der Waals surface area contributed by atoms with Gasteiger partial charge in [0, 0.05) is 26.1 Å². The van der Waals surface area contributed by atoms with Crippen molar-refractivity contribution in [2.75, 3.05) is 66.3 Å². The van der Waals surface area contributed by atoms with E-state index in [-0.39, 0.29) is 32.1 Å². The second-order valence-electron chi connectivity index (χ2n) is 9.04. The molecule has 0 aliphatic carbocycles. The maximum Gasteiger partial charge on any atom is 0.246 e. The molecule has 0 aromatic carbocycles. The summed E-state index contributed by atoms with van der Waals surface area (Å²) in [6.45, 7) is 10.4. The number of rotatable bonds is 15. The number of likely N-dealkylation sites (tertiary alicyclic amines) is 1. The van der Waals surface area contributed by atoms with E-state index in [9.17, 15) is 19.5 Å². The number of carbonyl (C=O) groups is 3. The van der Waals surface area contributed by atoms with E-state index < -0.39 is 35.4 Å². The zero-order valence-electron chi connectivity index (χ0n) is 20.6. The molecule has 1 saturated heterocycles. The molecule has 3 amide bonds. The lowest BCUT2D eigenvalue weighted by Crippen LogP contribution is -2.58. The van der Waals surface area contributed by atoms with Crippen LogP contribution in [0.3, 0.4) is 0 Å². The molecule has 1 aliphatic rings. The van der Waals surface area contributed by atoms with E-state index in [4.69, 9.17) is 14.2 Å². The minimum absolute atomic E-state index is 0.0512. The SMILES string of the molecule is CCNC(=O)C1CC(O)CN1C(=O)C(NC(=O)COCCOCCOCCNC)C(C)(C)C. The van der Waals surface area contributed by atoms with Gasteiger partial charge in [-0.3, -0.25) is 14.4 Å². The lowest BCUT2D eigenvalue weighted by atomic mass is 9.85. The predicted molar refractivity (Wildman–Crippen MR) is 123 cm³/mol. The maximum atomic E-state index is 13.3. The van der Waals surface area contributed by atoms with Crippen LogP contribution >= 0.6 is 0 Å². The van der Waals surface area contributed by atoms with Crippen LogP contribution in [0.25, 0.3) is 0 Å². The van der Waals surface area contributed by atoms with Crippen LogP contribution in [0.15, 0.2) is 0 Å². The lowest BCUT2D eigenvalue weighted by Gasteiger charge is -2.35. The van der Waals surface area contributed by atoms with Crippen LogP contribution in [-0.4, -0.2) is 112 Å². The number of amides is 3. The molecule has 1 aliphatic heterocycles. The Bertz CT molecular complexity index is 612. The van der Waals surface area contributed by atoms with Crippen molar-refractivity contribution >= 4 is 17.7 Å².